The van der Waals surface area contributed by atoms with Crippen LogP contribution in [0.25, 0.3) is 0 Å². The molecule has 2 heterocycles. The van der Waals surface area contributed by atoms with Gasteiger partial charge >= 0.3 is 5.97 Å². The van der Waals surface area contributed by atoms with E-state index in [0.29, 0.717) is 37.8 Å². The summed E-state index contributed by atoms with van der Waals surface area (Å²) in [6.45, 7) is 5.79. The van der Waals surface area contributed by atoms with Crippen LogP contribution in [0.5, 0.6) is 5.75 Å². The van der Waals surface area contributed by atoms with Gasteiger partial charge in [0.2, 0.25) is 0 Å². The second-order valence-corrected chi connectivity index (χ2v) is 10.9. The maximum Gasteiger partial charge on any atom is 0.339 e. The Kier molecular flexibility index (Phi) is 7.48. The average Bonchev–Trinajstić information content (AvgIpc) is 2.86. The first kappa shape index (κ1) is 24.5. The maximum atomic E-state index is 13.8. The molecule has 0 aromatic heterocycles. The zero-order valence-electron chi connectivity index (χ0n) is 19.8. The smallest absolute Gasteiger partial charge is 0.339 e. The Labute approximate surface area is 201 Å². The number of ether oxygens (including phenoxy) is 2. The lowest BCUT2D eigenvalue weighted by molar-refractivity contribution is 0.0490. The fourth-order valence-electron chi connectivity index (χ4n) is 4.80. The van der Waals surface area contributed by atoms with Crippen molar-refractivity contribution in [2.24, 2.45) is 5.92 Å². The van der Waals surface area contributed by atoms with E-state index in [-0.39, 0.29) is 22.3 Å². The van der Waals surface area contributed by atoms with Gasteiger partial charge in [-0.05, 0) is 79.8 Å². The van der Waals surface area contributed by atoms with Gasteiger partial charge in [-0.2, -0.15) is 0 Å². The number of carboxylic acids is 1. The second kappa shape index (κ2) is 10.4. The molecule has 0 radical (unpaired) electrons. The number of benzene rings is 2. The molecule has 1 saturated heterocycles. The summed E-state index contributed by atoms with van der Waals surface area (Å²) in [7, 11) is -3.97. The SMILES string of the molecule is CCc1ccc2c(c1)CCC(CC)N2S(=O)(=O)c1ccc(OCC2CCOCC2)c(C(=O)O)c1. The van der Waals surface area contributed by atoms with Crippen LogP contribution in [-0.2, 0) is 27.6 Å². The van der Waals surface area contributed by atoms with Gasteiger partial charge in [-0.15, -0.1) is 0 Å². The fourth-order valence-corrected chi connectivity index (χ4v) is 6.62. The van der Waals surface area contributed by atoms with Gasteiger partial charge in [-0.25, -0.2) is 13.2 Å². The summed E-state index contributed by atoms with van der Waals surface area (Å²) in [5.74, 6) is -0.726. The summed E-state index contributed by atoms with van der Waals surface area (Å²) in [6.07, 6.45) is 4.84. The molecule has 2 aromatic rings. The fraction of sp³-hybridized carbons (Fsp3) is 0.500. The Bertz CT molecular complexity index is 1140. The van der Waals surface area contributed by atoms with Gasteiger partial charge < -0.3 is 14.6 Å². The first-order chi connectivity index (χ1) is 16.3. The third kappa shape index (κ3) is 4.93. The number of aryl methyl sites for hydroxylation is 2. The predicted molar refractivity (Wildman–Crippen MR) is 130 cm³/mol. The van der Waals surface area contributed by atoms with E-state index >= 15 is 0 Å². The van der Waals surface area contributed by atoms with Crippen LogP contribution in [0.1, 0.15) is 61.0 Å². The molecule has 7 nitrogen and oxygen atoms in total. The van der Waals surface area contributed by atoms with Crippen LogP contribution in [-0.4, -0.2) is 45.4 Å². The van der Waals surface area contributed by atoms with E-state index in [9.17, 15) is 18.3 Å². The summed E-state index contributed by atoms with van der Waals surface area (Å²) in [6, 6.07) is 9.93. The average molecular weight is 488 g/mol. The number of fused-ring (bicyclic) bond motifs is 1. The van der Waals surface area contributed by atoms with Crippen molar-refractivity contribution in [3.05, 3.63) is 53.1 Å². The second-order valence-electron chi connectivity index (χ2n) is 9.05. The van der Waals surface area contributed by atoms with Gasteiger partial charge in [0.05, 0.1) is 17.2 Å². The van der Waals surface area contributed by atoms with Gasteiger partial charge in [-0.3, -0.25) is 4.31 Å². The van der Waals surface area contributed by atoms with E-state index < -0.39 is 16.0 Å². The topological polar surface area (TPSA) is 93.1 Å². The molecular formula is C26H33NO6S. The summed E-state index contributed by atoms with van der Waals surface area (Å²) in [4.78, 5) is 12.0. The van der Waals surface area contributed by atoms with E-state index in [1.54, 1.807) is 0 Å². The van der Waals surface area contributed by atoms with Crippen LogP contribution >= 0.6 is 0 Å². The predicted octanol–water partition coefficient (Wildman–Crippen LogP) is 4.67. The molecule has 0 amide bonds. The van der Waals surface area contributed by atoms with Crippen LogP contribution in [0, 0.1) is 5.92 Å². The largest absolute Gasteiger partial charge is 0.492 e. The van der Waals surface area contributed by atoms with Gasteiger partial charge in [0, 0.05) is 19.3 Å². The van der Waals surface area contributed by atoms with E-state index in [1.165, 1.54) is 28.1 Å². The summed E-state index contributed by atoms with van der Waals surface area (Å²) in [5, 5.41) is 9.81. The number of nitrogens with zero attached hydrogens (tertiary/aromatic N) is 1. The third-order valence-electron chi connectivity index (χ3n) is 6.89. The molecule has 2 aromatic carbocycles. The van der Waals surface area contributed by atoms with E-state index in [2.05, 4.69) is 13.0 Å². The molecule has 0 bridgehead atoms. The number of aromatic carboxylic acids is 1. The highest BCUT2D eigenvalue weighted by Crippen LogP contribution is 2.38. The minimum absolute atomic E-state index is 0.0332. The van der Waals surface area contributed by atoms with Gasteiger partial charge in [-0.1, -0.05) is 26.0 Å². The molecule has 2 aliphatic heterocycles. The Morgan fingerprint density at radius 3 is 2.56 bits per heavy atom. The van der Waals surface area contributed by atoms with E-state index in [1.807, 2.05) is 19.1 Å². The zero-order valence-corrected chi connectivity index (χ0v) is 20.6. The lowest BCUT2D eigenvalue weighted by atomic mass is 9.94. The number of carboxylic acid groups (broad SMARTS) is 1. The minimum Gasteiger partial charge on any atom is -0.492 e. The number of hydrogen-bond donors (Lipinski definition) is 1. The van der Waals surface area contributed by atoms with Crippen molar-refractivity contribution < 1.29 is 27.8 Å². The van der Waals surface area contributed by atoms with Crippen LogP contribution < -0.4 is 9.04 Å². The molecule has 8 heteroatoms. The van der Waals surface area contributed by atoms with Crippen LogP contribution in [0.2, 0.25) is 0 Å². The van der Waals surface area contributed by atoms with Crippen molar-refractivity contribution in [3.63, 3.8) is 0 Å². The quantitative estimate of drug-likeness (QED) is 0.582. The molecule has 0 aliphatic carbocycles. The molecule has 0 saturated carbocycles. The normalized spacial score (nSPS) is 19.0. The molecule has 1 unspecified atom stereocenters. The number of anilines is 1. The monoisotopic (exact) mass is 487 g/mol. The Balaban J connectivity index is 1.67. The van der Waals surface area contributed by atoms with E-state index in [4.69, 9.17) is 9.47 Å². The number of carbonyl (C=O) groups is 1. The van der Waals surface area contributed by atoms with Gasteiger partial charge in [0.1, 0.15) is 11.3 Å². The maximum absolute atomic E-state index is 13.8. The summed E-state index contributed by atoms with van der Waals surface area (Å²) in [5.41, 5.74) is 2.74. The van der Waals surface area contributed by atoms with Crippen LogP contribution in [0.3, 0.4) is 0 Å². The highest BCUT2D eigenvalue weighted by Gasteiger charge is 2.36. The third-order valence-corrected chi connectivity index (χ3v) is 8.76. The molecule has 184 valence electrons. The highest BCUT2D eigenvalue weighted by molar-refractivity contribution is 7.92. The number of sulfonamides is 1. The Morgan fingerprint density at radius 1 is 1.12 bits per heavy atom. The van der Waals surface area contributed by atoms with Crippen LogP contribution in [0.15, 0.2) is 41.3 Å². The van der Waals surface area contributed by atoms with Crippen LogP contribution in [0.4, 0.5) is 5.69 Å². The molecular weight excluding hydrogens is 454 g/mol. The summed E-state index contributed by atoms with van der Waals surface area (Å²) >= 11 is 0. The molecule has 2 aliphatic rings. The lowest BCUT2D eigenvalue weighted by Crippen LogP contribution is -2.43. The number of rotatable bonds is 8. The van der Waals surface area contributed by atoms with Crippen molar-refractivity contribution >= 4 is 21.7 Å². The van der Waals surface area contributed by atoms with Crippen molar-refractivity contribution in [1.29, 1.82) is 0 Å². The first-order valence-electron chi connectivity index (χ1n) is 12.1. The summed E-state index contributed by atoms with van der Waals surface area (Å²) < 4.78 is 40.4. The molecule has 1 atom stereocenters. The molecule has 0 spiro atoms. The number of hydrogen-bond acceptors (Lipinski definition) is 5. The van der Waals surface area contributed by atoms with Crippen molar-refractivity contribution in [2.75, 3.05) is 24.1 Å². The van der Waals surface area contributed by atoms with Crippen molar-refractivity contribution in [2.45, 2.75) is 63.3 Å². The van der Waals surface area contributed by atoms with Crippen molar-refractivity contribution in [3.8, 4) is 5.75 Å². The Morgan fingerprint density at radius 2 is 1.88 bits per heavy atom. The standard InChI is InChI=1S/C26H33NO6S/c1-3-18-5-9-24-20(15-18)6-7-21(4-2)27(24)34(30,31)22-8-10-25(23(16-22)26(28)29)33-17-19-11-13-32-14-12-19/h5,8-10,15-16,19,21H,3-4,6-7,11-14,17H2,1-2H3,(H,28,29). The minimum atomic E-state index is -3.97. The lowest BCUT2D eigenvalue weighted by Gasteiger charge is -2.37. The first-order valence-corrected chi connectivity index (χ1v) is 13.5. The van der Waals surface area contributed by atoms with Gasteiger partial charge in [0.25, 0.3) is 10.0 Å². The molecule has 1 N–H and O–H groups in total. The molecule has 34 heavy (non-hydrogen) atoms. The van der Waals surface area contributed by atoms with Gasteiger partial charge in [0.15, 0.2) is 0 Å². The highest BCUT2D eigenvalue weighted by atomic mass is 32.2. The molecule has 4 rings (SSSR count). The Hall–Kier alpha value is -2.58. The van der Waals surface area contributed by atoms with E-state index in [0.717, 1.165) is 37.7 Å². The molecule has 1 fully saturated rings. The zero-order chi connectivity index (χ0) is 24.3. The van der Waals surface area contributed by atoms with Crippen molar-refractivity contribution in [1.82, 2.24) is 0 Å².